The lowest BCUT2D eigenvalue weighted by Crippen LogP contribution is -2.29. The Bertz CT molecular complexity index is 405. The fourth-order valence-electron chi connectivity index (χ4n) is 1.84. The highest BCUT2D eigenvalue weighted by molar-refractivity contribution is 5.91. The highest BCUT2D eigenvalue weighted by atomic mass is 16.2. The van der Waals surface area contributed by atoms with E-state index in [2.05, 4.69) is 30.2 Å². The van der Waals surface area contributed by atoms with Crippen LogP contribution in [0.4, 0.5) is 4.79 Å². The summed E-state index contributed by atoms with van der Waals surface area (Å²) in [6.07, 6.45) is 6.03. The van der Waals surface area contributed by atoms with E-state index in [0.29, 0.717) is 0 Å². The highest BCUT2D eigenvalue weighted by Crippen LogP contribution is 2.35. The molecule has 0 aliphatic heterocycles. The lowest BCUT2D eigenvalue weighted by Gasteiger charge is -2.29. The maximum Gasteiger partial charge on any atom is 0.348 e. The van der Waals surface area contributed by atoms with Gasteiger partial charge < -0.3 is 16.8 Å². The molecule has 0 radical (unpaired) electrons. The summed E-state index contributed by atoms with van der Waals surface area (Å²) in [5, 5.41) is 2.67. The standard InChI is InChI=1S/C12H20N4O/c1-4-12(3)6-5-9(8(2)7-12)15-11(17)16-10(13)14/h5-6H,4,7H2,1-3H3,(H5,13,14,15,16,17). The molecule has 0 saturated carbocycles. The molecule has 1 unspecified atom stereocenters. The molecule has 5 nitrogen and oxygen atoms in total. The van der Waals surface area contributed by atoms with Crippen molar-refractivity contribution >= 4 is 12.0 Å². The van der Waals surface area contributed by atoms with Gasteiger partial charge in [-0.3, -0.25) is 0 Å². The minimum Gasteiger partial charge on any atom is -0.370 e. The topological polar surface area (TPSA) is 93.5 Å². The molecule has 0 spiro atoms. The van der Waals surface area contributed by atoms with Gasteiger partial charge in [0, 0.05) is 5.70 Å². The zero-order chi connectivity index (χ0) is 13.1. The molecule has 1 rings (SSSR count). The molecule has 1 atom stereocenters. The van der Waals surface area contributed by atoms with E-state index >= 15 is 0 Å². The van der Waals surface area contributed by atoms with Crippen LogP contribution in [0.25, 0.3) is 0 Å². The Kier molecular flexibility index (Phi) is 3.93. The van der Waals surface area contributed by atoms with E-state index in [0.717, 1.165) is 24.1 Å². The first kappa shape index (κ1) is 13.3. The van der Waals surface area contributed by atoms with Crippen molar-refractivity contribution in [1.82, 2.24) is 5.32 Å². The van der Waals surface area contributed by atoms with Gasteiger partial charge in [-0.15, -0.1) is 0 Å². The summed E-state index contributed by atoms with van der Waals surface area (Å²) >= 11 is 0. The zero-order valence-electron chi connectivity index (χ0n) is 10.6. The van der Waals surface area contributed by atoms with Crippen molar-refractivity contribution in [2.45, 2.75) is 33.6 Å². The molecule has 0 fully saturated rings. The van der Waals surface area contributed by atoms with Crippen LogP contribution in [0.3, 0.4) is 0 Å². The van der Waals surface area contributed by atoms with Gasteiger partial charge in [-0.05, 0) is 36.8 Å². The maximum absolute atomic E-state index is 11.4. The van der Waals surface area contributed by atoms with Gasteiger partial charge in [0.1, 0.15) is 0 Å². The van der Waals surface area contributed by atoms with Crippen molar-refractivity contribution in [2.24, 2.45) is 21.9 Å². The van der Waals surface area contributed by atoms with Crippen LogP contribution in [0.15, 0.2) is 28.4 Å². The Morgan fingerprint density at radius 3 is 2.71 bits per heavy atom. The first-order valence-electron chi connectivity index (χ1n) is 5.66. The van der Waals surface area contributed by atoms with Crippen LogP contribution in [-0.4, -0.2) is 12.0 Å². The Balaban J connectivity index is 2.76. The summed E-state index contributed by atoms with van der Waals surface area (Å²) in [5.74, 6) is -0.237. The second-order valence-corrected chi connectivity index (χ2v) is 4.68. The number of hydrogen-bond acceptors (Lipinski definition) is 1. The summed E-state index contributed by atoms with van der Waals surface area (Å²) in [6.45, 7) is 6.35. The van der Waals surface area contributed by atoms with Gasteiger partial charge in [-0.2, -0.15) is 4.99 Å². The fourth-order valence-corrected chi connectivity index (χ4v) is 1.84. The van der Waals surface area contributed by atoms with Gasteiger partial charge >= 0.3 is 6.03 Å². The summed E-state index contributed by atoms with van der Waals surface area (Å²) in [5.41, 5.74) is 12.4. The van der Waals surface area contributed by atoms with E-state index in [9.17, 15) is 4.79 Å². The van der Waals surface area contributed by atoms with Crippen molar-refractivity contribution in [3.05, 3.63) is 23.4 Å². The van der Waals surface area contributed by atoms with Crippen LogP contribution in [0.2, 0.25) is 0 Å². The zero-order valence-corrected chi connectivity index (χ0v) is 10.6. The average Bonchev–Trinajstić information content (AvgIpc) is 2.21. The Hall–Kier alpha value is -1.78. The number of nitrogens with one attached hydrogen (secondary N) is 1. The molecule has 0 aromatic heterocycles. The molecule has 17 heavy (non-hydrogen) atoms. The van der Waals surface area contributed by atoms with Crippen molar-refractivity contribution in [3.63, 3.8) is 0 Å². The number of carbonyl (C=O) groups excluding carboxylic acids is 1. The van der Waals surface area contributed by atoms with Crippen LogP contribution < -0.4 is 16.8 Å². The Morgan fingerprint density at radius 1 is 1.59 bits per heavy atom. The Morgan fingerprint density at radius 2 is 2.24 bits per heavy atom. The van der Waals surface area contributed by atoms with Crippen LogP contribution >= 0.6 is 0 Å². The van der Waals surface area contributed by atoms with Crippen molar-refractivity contribution < 1.29 is 4.79 Å². The molecule has 5 heteroatoms. The molecular weight excluding hydrogens is 216 g/mol. The van der Waals surface area contributed by atoms with Crippen molar-refractivity contribution in [3.8, 4) is 0 Å². The molecule has 0 bridgehead atoms. The third kappa shape index (κ3) is 3.62. The predicted molar refractivity (Wildman–Crippen MR) is 69.2 cm³/mol. The third-order valence-corrected chi connectivity index (χ3v) is 3.06. The third-order valence-electron chi connectivity index (χ3n) is 3.06. The number of hydrogen-bond donors (Lipinski definition) is 3. The molecule has 94 valence electrons. The van der Waals surface area contributed by atoms with E-state index in [1.807, 2.05) is 13.0 Å². The summed E-state index contributed by atoms with van der Waals surface area (Å²) < 4.78 is 0. The number of allylic oxidation sites excluding steroid dienone is 3. The minimum absolute atomic E-state index is 0.175. The quantitative estimate of drug-likeness (QED) is 0.502. The first-order valence-corrected chi connectivity index (χ1v) is 5.66. The number of amides is 2. The lowest BCUT2D eigenvalue weighted by atomic mass is 9.78. The highest BCUT2D eigenvalue weighted by Gasteiger charge is 2.24. The number of urea groups is 1. The van der Waals surface area contributed by atoms with Gasteiger partial charge in [0.25, 0.3) is 0 Å². The average molecular weight is 236 g/mol. The van der Waals surface area contributed by atoms with Gasteiger partial charge in [0.05, 0.1) is 0 Å². The number of aliphatic imine (C=N–C) groups is 1. The monoisotopic (exact) mass is 236 g/mol. The number of rotatable bonds is 2. The molecule has 1 aliphatic rings. The van der Waals surface area contributed by atoms with E-state index in [-0.39, 0.29) is 11.4 Å². The number of guanidine groups is 1. The van der Waals surface area contributed by atoms with E-state index in [4.69, 9.17) is 11.5 Å². The molecule has 0 aromatic carbocycles. The molecule has 2 amide bonds. The molecular formula is C12H20N4O. The van der Waals surface area contributed by atoms with Gasteiger partial charge in [0.2, 0.25) is 0 Å². The normalized spacial score (nSPS) is 23.5. The summed E-state index contributed by atoms with van der Waals surface area (Å²) in [6, 6.07) is -0.538. The number of carbonyl (C=O) groups is 1. The van der Waals surface area contributed by atoms with Crippen LogP contribution in [0, 0.1) is 5.41 Å². The van der Waals surface area contributed by atoms with Crippen LogP contribution in [0.5, 0.6) is 0 Å². The molecule has 0 aromatic rings. The van der Waals surface area contributed by atoms with E-state index in [1.54, 1.807) is 0 Å². The van der Waals surface area contributed by atoms with Crippen molar-refractivity contribution in [2.75, 3.05) is 0 Å². The number of nitrogens with zero attached hydrogens (tertiary/aromatic N) is 1. The molecule has 0 saturated heterocycles. The predicted octanol–water partition coefficient (Wildman–Crippen LogP) is 1.62. The smallest absolute Gasteiger partial charge is 0.348 e. The SMILES string of the molecule is CCC1(C)C=CC(NC(=O)N=C(N)N)=C(C)C1. The van der Waals surface area contributed by atoms with Gasteiger partial charge in [-0.1, -0.05) is 19.9 Å². The van der Waals surface area contributed by atoms with Crippen molar-refractivity contribution in [1.29, 1.82) is 0 Å². The molecule has 1 aliphatic carbocycles. The van der Waals surface area contributed by atoms with Crippen LogP contribution in [-0.2, 0) is 0 Å². The number of nitrogens with two attached hydrogens (primary N) is 2. The largest absolute Gasteiger partial charge is 0.370 e. The maximum atomic E-state index is 11.4. The second-order valence-electron chi connectivity index (χ2n) is 4.68. The van der Waals surface area contributed by atoms with E-state index in [1.165, 1.54) is 0 Å². The van der Waals surface area contributed by atoms with Crippen LogP contribution in [0.1, 0.15) is 33.6 Å². The summed E-state index contributed by atoms with van der Waals surface area (Å²) in [7, 11) is 0. The fraction of sp³-hybridized carbons (Fsp3) is 0.500. The molecule has 0 heterocycles. The summed E-state index contributed by atoms with van der Waals surface area (Å²) in [4.78, 5) is 14.8. The first-order chi connectivity index (χ1) is 7.86. The Labute approximate surface area is 102 Å². The van der Waals surface area contributed by atoms with Gasteiger partial charge in [-0.25, -0.2) is 4.79 Å². The molecule has 5 N–H and O–H groups in total. The van der Waals surface area contributed by atoms with Gasteiger partial charge in [0.15, 0.2) is 5.96 Å². The minimum atomic E-state index is -0.538. The van der Waals surface area contributed by atoms with E-state index < -0.39 is 6.03 Å². The second kappa shape index (κ2) is 5.03. The lowest BCUT2D eigenvalue weighted by molar-refractivity contribution is 0.251.